The number of nitrogens with zero attached hydrogens (tertiary/aromatic N) is 1. The Bertz CT molecular complexity index is 693. The van der Waals surface area contributed by atoms with Gasteiger partial charge in [-0.15, -0.1) is 5.73 Å². The second kappa shape index (κ2) is 9.19. The summed E-state index contributed by atoms with van der Waals surface area (Å²) < 4.78 is 0. The van der Waals surface area contributed by atoms with Gasteiger partial charge in [0.1, 0.15) is 5.70 Å². The average Bonchev–Trinajstić information content (AvgIpc) is 2.62. The fourth-order valence-electron chi connectivity index (χ4n) is 3.09. The van der Waals surface area contributed by atoms with E-state index in [1.54, 1.807) is 4.90 Å². The molecule has 3 heteroatoms. The Morgan fingerprint density at radius 2 is 1.72 bits per heavy atom. The van der Waals surface area contributed by atoms with Crippen molar-refractivity contribution in [1.29, 1.82) is 5.41 Å². The number of benzene rings is 1. The topological polar surface area (TPSA) is 44.2 Å². The number of rotatable bonds is 3. The minimum atomic E-state index is 0.0334. The Labute approximate surface area is 151 Å². The smallest absolute Gasteiger partial charge is 0.227 e. The van der Waals surface area contributed by atoms with Crippen LogP contribution in [-0.4, -0.2) is 23.1 Å². The first-order valence-electron chi connectivity index (χ1n) is 9.06. The number of aryl methyl sites for hydroxylation is 1. The van der Waals surface area contributed by atoms with E-state index in [-0.39, 0.29) is 5.91 Å². The standard InChI is InChI=1S/C22H28N2O/c1-4-21-20(23)10-8-6-5-7-9-11-22(25)24(21)16-18(3)19-14-12-17(2)13-15-19/h12-15,23H,1,3,5-11,16H2,2H3. The number of hydrogen-bond acceptors (Lipinski definition) is 2. The van der Waals surface area contributed by atoms with Crippen LogP contribution >= 0.6 is 0 Å². The molecule has 1 N–H and O–H groups in total. The van der Waals surface area contributed by atoms with Gasteiger partial charge in [-0.1, -0.05) is 62.2 Å². The van der Waals surface area contributed by atoms with Crippen LogP contribution in [0.4, 0.5) is 0 Å². The second-order valence-electron chi connectivity index (χ2n) is 6.72. The molecule has 1 aliphatic rings. The quantitative estimate of drug-likeness (QED) is 0.751. The Kier molecular flexibility index (Phi) is 6.97. The normalized spacial score (nSPS) is 17.0. The fourth-order valence-corrected chi connectivity index (χ4v) is 3.09. The van der Waals surface area contributed by atoms with Gasteiger partial charge in [0.25, 0.3) is 0 Å². The molecule has 1 fully saturated rings. The van der Waals surface area contributed by atoms with Gasteiger partial charge < -0.3 is 5.41 Å². The lowest BCUT2D eigenvalue weighted by molar-refractivity contribution is -0.128. The zero-order chi connectivity index (χ0) is 18.2. The van der Waals surface area contributed by atoms with Gasteiger partial charge in [-0.3, -0.25) is 9.69 Å². The Morgan fingerprint density at radius 3 is 2.36 bits per heavy atom. The van der Waals surface area contributed by atoms with E-state index in [0.717, 1.165) is 43.2 Å². The summed E-state index contributed by atoms with van der Waals surface area (Å²) in [6.45, 7) is 10.3. The van der Waals surface area contributed by atoms with Gasteiger partial charge in [0.05, 0.1) is 12.3 Å². The van der Waals surface area contributed by atoms with Gasteiger partial charge in [0.2, 0.25) is 5.91 Å². The first-order valence-corrected chi connectivity index (χ1v) is 9.06. The molecule has 1 aromatic carbocycles. The van der Waals surface area contributed by atoms with Crippen LogP contribution in [0.5, 0.6) is 0 Å². The van der Waals surface area contributed by atoms with E-state index in [4.69, 9.17) is 5.41 Å². The molecule has 0 spiro atoms. The molecule has 0 aliphatic carbocycles. The molecule has 0 saturated carbocycles. The molecule has 1 amide bonds. The molecule has 1 aromatic rings. The average molecular weight is 336 g/mol. The summed E-state index contributed by atoms with van der Waals surface area (Å²) in [6, 6.07) is 8.14. The van der Waals surface area contributed by atoms with Crippen molar-refractivity contribution in [3.8, 4) is 0 Å². The van der Waals surface area contributed by atoms with Crippen molar-refractivity contribution >= 4 is 17.2 Å². The number of carbonyl (C=O) groups excluding carboxylic acids is 1. The fraction of sp³-hybridized carbons (Fsp3) is 0.409. The van der Waals surface area contributed by atoms with Gasteiger partial charge in [0.15, 0.2) is 0 Å². The Morgan fingerprint density at radius 1 is 1.12 bits per heavy atom. The minimum absolute atomic E-state index is 0.0334. The zero-order valence-corrected chi connectivity index (χ0v) is 15.2. The lowest BCUT2D eigenvalue weighted by Crippen LogP contribution is -2.34. The molecular formula is C22H28N2O. The molecule has 0 radical (unpaired) electrons. The van der Waals surface area contributed by atoms with E-state index < -0.39 is 0 Å². The van der Waals surface area contributed by atoms with Crippen molar-refractivity contribution in [3.05, 3.63) is 60.0 Å². The molecule has 1 aliphatic heterocycles. The highest BCUT2D eigenvalue weighted by molar-refractivity contribution is 6.01. The highest BCUT2D eigenvalue weighted by Crippen LogP contribution is 2.21. The number of nitrogens with one attached hydrogen (secondary N) is 1. The van der Waals surface area contributed by atoms with Crippen LogP contribution in [0.1, 0.15) is 56.1 Å². The van der Waals surface area contributed by atoms with Crippen LogP contribution in [0, 0.1) is 12.3 Å². The van der Waals surface area contributed by atoms with Crippen molar-refractivity contribution in [2.75, 3.05) is 6.54 Å². The Balaban J connectivity index is 2.24. The van der Waals surface area contributed by atoms with Crippen molar-refractivity contribution in [1.82, 2.24) is 4.90 Å². The highest BCUT2D eigenvalue weighted by atomic mass is 16.2. The number of amides is 1. The summed E-state index contributed by atoms with van der Waals surface area (Å²) in [5.74, 6) is 0.0334. The lowest BCUT2D eigenvalue weighted by atomic mass is 10.0. The Hall–Kier alpha value is -2.38. The predicted molar refractivity (Wildman–Crippen MR) is 105 cm³/mol. The molecule has 1 heterocycles. The van der Waals surface area contributed by atoms with Crippen LogP contribution in [0.3, 0.4) is 0 Å². The molecule has 0 aromatic heterocycles. The zero-order valence-electron chi connectivity index (χ0n) is 15.2. The van der Waals surface area contributed by atoms with E-state index in [1.807, 2.05) is 31.2 Å². The van der Waals surface area contributed by atoms with Crippen LogP contribution in [-0.2, 0) is 4.79 Å². The van der Waals surface area contributed by atoms with Crippen LogP contribution < -0.4 is 0 Å². The van der Waals surface area contributed by atoms with E-state index in [2.05, 4.69) is 18.9 Å². The van der Waals surface area contributed by atoms with Crippen LogP contribution in [0.15, 0.2) is 48.9 Å². The predicted octanol–water partition coefficient (Wildman–Crippen LogP) is 5.27. The molecule has 1 saturated heterocycles. The van der Waals surface area contributed by atoms with Crippen LogP contribution in [0.2, 0.25) is 0 Å². The second-order valence-corrected chi connectivity index (χ2v) is 6.72. The minimum Gasteiger partial charge on any atom is -0.302 e. The molecule has 25 heavy (non-hydrogen) atoms. The molecule has 0 unspecified atom stereocenters. The number of carbonyl (C=O) groups is 1. The highest BCUT2D eigenvalue weighted by Gasteiger charge is 2.22. The summed E-state index contributed by atoms with van der Waals surface area (Å²) in [4.78, 5) is 14.4. The SMILES string of the molecule is C=C=C1C(=N)CCCCCCCC(=O)N1CC(=C)c1ccc(C)cc1. The van der Waals surface area contributed by atoms with Gasteiger partial charge in [-0.2, -0.15) is 0 Å². The maximum absolute atomic E-state index is 12.8. The van der Waals surface area contributed by atoms with Crippen LogP contribution in [0.25, 0.3) is 5.57 Å². The largest absolute Gasteiger partial charge is 0.302 e. The van der Waals surface area contributed by atoms with Crippen molar-refractivity contribution in [2.45, 2.75) is 51.9 Å². The van der Waals surface area contributed by atoms with Gasteiger partial charge >= 0.3 is 0 Å². The third-order valence-corrected chi connectivity index (χ3v) is 4.65. The molecule has 132 valence electrons. The van der Waals surface area contributed by atoms with Gasteiger partial charge in [-0.05, 0) is 37.3 Å². The molecule has 0 bridgehead atoms. The van der Waals surface area contributed by atoms with E-state index in [1.165, 1.54) is 5.56 Å². The van der Waals surface area contributed by atoms with Crippen molar-refractivity contribution in [3.63, 3.8) is 0 Å². The number of allylic oxidation sites excluding steroid dienone is 1. The third-order valence-electron chi connectivity index (χ3n) is 4.65. The van der Waals surface area contributed by atoms with Gasteiger partial charge in [0, 0.05) is 6.42 Å². The maximum Gasteiger partial charge on any atom is 0.227 e. The summed E-state index contributed by atoms with van der Waals surface area (Å²) in [7, 11) is 0. The van der Waals surface area contributed by atoms with Gasteiger partial charge in [-0.25, -0.2) is 0 Å². The summed E-state index contributed by atoms with van der Waals surface area (Å²) in [6.07, 6.45) is 6.34. The molecule has 3 nitrogen and oxygen atoms in total. The van der Waals surface area contributed by atoms with E-state index in [0.29, 0.717) is 30.8 Å². The number of hydrogen-bond donors (Lipinski definition) is 1. The first-order chi connectivity index (χ1) is 12.0. The summed E-state index contributed by atoms with van der Waals surface area (Å²) in [5, 5.41) is 8.36. The summed E-state index contributed by atoms with van der Waals surface area (Å²) in [5.41, 5.74) is 6.87. The van der Waals surface area contributed by atoms with E-state index >= 15 is 0 Å². The van der Waals surface area contributed by atoms with Crippen molar-refractivity contribution < 1.29 is 4.79 Å². The molecule has 0 atom stereocenters. The third kappa shape index (κ3) is 5.30. The lowest BCUT2D eigenvalue weighted by Gasteiger charge is -2.25. The maximum atomic E-state index is 12.8. The first kappa shape index (κ1) is 19.0. The van der Waals surface area contributed by atoms with Crippen molar-refractivity contribution in [2.24, 2.45) is 0 Å². The molecule has 2 rings (SSSR count). The molecular weight excluding hydrogens is 308 g/mol. The monoisotopic (exact) mass is 336 g/mol. The van der Waals surface area contributed by atoms with E-state index in [9.17, 15) is 4.79 Å². The summed E-state index contributed by atoms with van der Waals surface area (Å²) >= 11 is 0.